The molecule has 0 aromatic heterocycles. The predicted octanol–water partition coefficient (Wildman–Crippen LogP) is 3.36. The summed E-state index contributed by atoms with van der Waals surface area (Å²) in [5.41, 5.74) is 15.6. The van der Waals surface area contributed by atoms with Gasteiger partial charge in [0, 0.05) is 0 Å². The summed E-state index contributed by atoms with van der Waals surface area (Å²) in [6.07, 6.45) is 4.62. The molecule has 1 aromatic rings. The molecule has 2 unspecified atom stereocenters. The van der Waals surface area contributed by atoms with Crippen molar-refractivity contribution in [2.45, 2.75) is 52.4 Å². The number of aryl methyl sites for hydroxylation is 2. The summed E-state index contributed by atoms with van der Waals surface area (Å²) >= 11 is 0. The maximum Gasteiger partial charge on any atom is -0.00513 e. The first-order valence-corrected chi connectivity index (χ1v) is 7.58. The van der Waals surface area contributed by atoms with Gasteiger partial charge in [-0.05, 0) is 74.2 Å². The maximum atomic E-state index is 5.72. The first kappa shape index (κ1) is 16.2. The van der Waals surface area contributed by atoms with Crippen molar-refractivity contribution in [1.29, 1.82) is 0 Å². The molecule has 1 aromatic carbocycles. The Bertz CT molecular complexity index is 374. The van der Waals surface area contributed by atoms with Crippen LogP contribution in [0.2, 0.25) is 0 Å². The van der Waals surface area contributed by atoms with E-state index in [-0.39, 0.29) is 0 Å². The summed E-state index contributed by atoms with van der Waals surface area (Å²) in [7, 11) is 0. The molecule has 0 aliphatic rings. The van der Waals surface area contributed by atoms with Crippen molar-refractivity contribution in [3.05, 3.63) is 34.9 Å². The molecular weight excluding hydrogens is 232 g/mol. The van der Waals surface area contributed by atoms with Crippen molar-refractivity contribution in [3.63, 3.8) is 0 Å². The summed E-state index contributed by atoms with van der Waals surface area (Å²) in [6, 6.07) is 6.93. The number of hydrogen-bond acceptors (Lipinski definition) is 2. The second-order valence-corrected chi connectivity index (χ2v) is 5.91. The molecule has 0 heterocycles. The molecule has 0 saturated carbocycles. The van der Waals surface area contributed by atoms with E-state index in [1.54, 1.807) is 0 Å². The third-order valence-electron chi connectivity index (χ3n) is 3.94. The fourth-order valence-electron chi connectivity index (χ4n) is 2.75. The standard InChI is InChI=1S/C17H30N2/c1-13(12-19)10-14(2)17-8-7-16(11-15(17)3)6-4-5-9-18/h7-8,11,13-14H,4-6,9-10,12,18-19H2,1-3H3. The van der Waals surface area contributed by atoms with E-state index in [0.29, 0.717) is 11.8 Å². The minimum Gasteiger partial charge on any atom is -0.330 e. The van der Waals surface area contributed by atoms with Gasteiger partial charge in [-0.3, -0.25) is 0 Å². The number of hydrogen-bond donors (Lipinski definition) is 2. The Morgan fingerprint density at radius 2 is 1.84 bits per heavy atom. The fourth-order valence-corrected chi connectivity index (χ4v) is 2.75. The summed E-state index contributed by atoms with van der Waals surface area (Å²) in [5, 5.41) is 0. The van der Waals surface area contributed by atoms with E-state index in [4.69, 9.17) is 11.5 Å². The first-order valence-electron chi connectivity index (χ1n) is 7.58. The molecular formula is C17H30N2. The van der Waals surface area contributed by atoms with Crippen LogP contribution in [0.4, 0.5) is 0 Å². The van der Waals surface area contributed by atoms with Crippen LogP contribution in [0.3, 0.4) is 0 Å². The highest BCUT2D eigenvalue weighted by atomic mass is 14.5. The van der Waals surface area contributed by atoms with Gasteiger partial charge in [0.05, 0.1) is 0 Å². The van der Waals surface area contributed by atoms with Crippen molar-refractivity contribution in [2.24, 2.45) is 17.4 Å². The first-order chi connectivity index (χ1) is 9.08. The highest BCUT2D eigenvalue weighted by molar-refractivity contribution is 5.33. The van der Waals surface area contributed by atoms with Crippen molar-refractivity contribution < 1.29 is 0 Å². The number of unbranched alkanes of at least 4 members (excludes halogenated alkanes) is 1. The van der Waals surface area contributed by atoms with Gasteiger partial charge in [0.2, 0.25) is 0 Å². The zero-order valence-corrected chi connectivity index (χ0v) is 12.8. The Morgan fingerprint density at radius 1 is 1.11 bits per heavy atom. The topological polar surface area (TPSA) is 52.0 Å². The molecule has 0 bridgehead atoms. The van der Waals surface area contributed by atoms with Crippen LogP contribution >= 0.6 is 0 Å². The number of nitrogens with two attached hydrogens (primary N) is 2. The average molecular weight is 262 g/mol. The van der Waals surface area contributed by atoms with Gasteiger partial charge < -0.3 is 11.5 Å². The fraction of sp³-hybridized carbons (Fsp3) is 0.647. The molecule has 19 heavy (non-hydrogen) atoms. The summed E-state index contributed by atoms with van der Waals surface area (Å²) in [4.78, 5) is 0. The van der Waals surface area contributed by atoms with Crippen molar-refractivity contribution in [3.8, 4) is 0 Å². The SMILES string of the molecule is Cc1cc(CCCCN)ccc1C(C)CC(C)CN. The van der Waals surface area contributed by atoms with Gasteiger partial charge in [-0.1, -0.05) is 32.0 Å². The molecule has 0 aliphatic heterocycles. The molecule has 0 spiro atoms. The van der Waals surface area contributed by atoms with E-state index in [9.17, 15) is 0 Å². The molecule has 2 heteroatoms. The van der Waals surface area contributed by atoms with E-state index in [1.165, 1.54) is 29.5 Å². The third kappa shape index (κ3) is 5.33. The van der Waals surface area contributed by atoms with Crippen LogP contribution in [0.1, 0.15) is 55.7 Å². The van der Waals surface area contributed by atoms with E-state index >= 15 is 0 Å². The maximum absolute atomic E-state index is 5.72. The van der Waals surface area contributed by atoms with Crippen LogP contribution in [0.25, 0.3) is 0 Å². The summed E-state index contributed by atoms with van der Waals surface area (Å²) in [6.45, 7) is 8.34. The van der Waals surface area contributed by atoms with Gasteiger partial charge in [-0.2, -0.15) is 0 Å². The highest BCUT2D eigenvalue weighted by Gasteiger charge is 2.12. The average Bonchev–Trinajstić information content (AvgIpc) is 2.38. The Kier molecular flexibility index (Phi) is 7.11. The third-order valence-corrected chi connectivity index (χ3v) is 3.94. The van der Waals surface area contributed by atoms with Crippen LogP contribution in [0.15, 0.2) is 18.2 Å². The van der Waals surface area contributed by atoms with Gasteiger partial charge in [0.25, 0.3) is 0 Å². The molecule has 2 nitrogen and oxygen atoms in total. The van der Waals surface area contributed by atoms with Gasteiger partial charge >= 0.3 is 0 Å². The second-order valence-electron chi connectivity index (χ2n) is 5.91. The van der Waals surface area contributed by atoms with Crippen LogP contribution in [-0.4, -0.2) is 13.1 Å². The molecule has 0 aliphatic carbocycles. The summed E-state index contributed by atoms with van der Waals surface area (Å²) < 4.78 is 0. The van der Waals surface area contributed by atoms with Gasteiger partial charge in [-0.15, -0.1) is 0 Å². The zero-order valence-electron chi connectivity index (χ0n) is 12.8. The lowest BCUT2D eigenvalue weighted by atomic mass is 9.87. The lowest BCUT2D eigenvalue weighted by Gasteiger charge is -2.19. The van der Waals surface area contributed by atoms with Crippen LogP contribution < -0.4 is 11.5 Å². The molecule has 4 N–H and O–H groups in total. The van der Waals surface area contributed by atoms with E-state index < -0.39 is 0 Å². The van der Waals surface area contributed by atoms with E-state index in [2.05, 4.69) is 39.0 Å². The molecule has 0 saturated heterocycles. The molecule has 1 rings (SSSR count). The van der Waals surface area contributed by atoms with Gasteiger partial charge in [-0.25, -0.2) is 0 Å². The molecule has 108 valence electrons. The predicted molar refractivity (Wildman–Crippen MR) is 84.4 cm³/mol. The van der Waals surface area contributed by atoms with Crippen LogP contribution in [0, 0.1) is 12.8 Å². The van der Waals surface area contributed by atoms with Gasteiger partial charge in [0.15, 0.2) is 0 Å². The highest BCUT2D eigenvalue weighted by Crippen LogP contribution is 2.26. The Hall–Kier alpha value is -0.860. The molecule has 2 atom stereocenters. The van der Waals surface area contributed by atoms with Crippen molar-refractivity contribution in [1.82, 2.24) is 0 Å². The Morgan fingerprint density at radius 3 is 2.42 bits per heavy atom. The lowest BCUT2D eigenvalue weighted by Crippen LogP contribution is -2.13. The Balaban J connectivity index is 2.65. The molecule has 0 amide bonds. The van der Waals surface area contributed by atoms with E-state index in [0.717, 1.165) is 25.9 Å². The molecule has 0 radical (unpaired) electrons. The zero-order chi connectivity index (χ0) is 14.3. The van der Waals surface area contributed by atoms with Crippen molar-refractivity contribution in [2.75, 3.05) is 13.1 Å². The second kappa shape index (κ2) is 8.34. The minimum absolute atomic E-state index is 0.594. The van der Waals surface area contributed by atoms with Gasteiger partial charge in [0.1, 0.15) is 0 Å². The largest absolute Gasteiger partial charge is 0.330 e. The smallest absolute Gasteiger partial charge is 0.00513 e. The van der Waals surface area contributed by atoms with Crippen LogP contribution in [0.5, 0.6) is 0 Å². The van der Waals surface area contributed by atoms with Crippen molar-refractivity contribution >= 4 is 0 Å². The normalized spacial score (nSPS) is 14.4. The minimum atomic E-state index is 0.594. The van der Waals surface area contributed by atoms with Crippen LogP contribution in [-0.2, 0) is 6.42 Å². The monoisotopic (exact) mass is 262 g/mol. The quantitative estimate of drug-likeness (QED) is 0.706. The number of benzene rings is 1. The van der Waals surface area contributed by atoms with E-state index in [1.807, 2.05) is 0 Å². The molecule has 0 fully saturated rings. The number of rotatable bonds is 8. The lowest BCUT2D eigenvalue weighted by molar-refractivity contribution is 0.492. The summed E-state index contributed by atoms with van der Waals surface area (Å²) in [5.74, 6) is 1.19. The Labute approximate surface area is 118 Å².